The fourth-order valence-electron chi connectivity index (χ4n) is 2.14. The maximum absolute atomic E-state index is 12.2. The van der Waals surface area contributed by atoms with Crippen molar-refractivity contribution in [2.75, 3.05) is 34.2 Å². The van der Waals surface area contributed by atoms with Gasteiger partial charge < -0.3 is 20.0 Å². The molecular formula is C15H21N3O2. The zero-order valence-corrected chi connectivity index (χ0v) is 12.2. The van der Waals surface area contributed by atoms with Gasteiger partial charge in [0.05, 0.1) is 0 Å². The molecule has 5 heteroatoms. The van der Waals surface area contributed by atoms with Crippen LogP contribution in [0.3, 0.4) is 0 Å². The normalized spacial score (nSPS) is 11.2. The number of carbonyl (C=O) groups excluding carboxylic acids is 1. The molecule has 1 aromatic heterocycles. The molecule has 20 heavy (non-hydrogen) atoms. The first-order chi connectivity index (χ1) is 9.63. The van der Waals surface area contributed by atoms with Crippen molar-refractivity contribution < 1.29 is 9.21 Å². The average molecular weight is 275 g/mol. The summed E-state index contributed by atoms with van der Waals surface area (Å²) in [5.74, 6) is 0.254. The standard InChI is InChI=1S/C15H21N3O2/c1-16-8-9-17-15(19)14-12(10-18(2)3)11-6-4-5-7-13(11)20-14/h4-7,16H,8-10H2,1-3H3,(H,17,19). The number of para-hydroxylation sites is 1. The van der Waals surface area contributed by atoms with E-state index in [0.717, 1.165) is 23.1 Å². The average Bonchev–Trinajstić information content (AvgIpc) is 2.77. The van der Waals surface area contributed by atoms with E-state index in [9.17, 15) is 4.79 Å². The van der Waals surface area contributed by atoms with Crippen LogP contribution in [0.15, 0.2) is 28.7 Å². The van der Waals surface area contributed by atoms with E-state index in [1.54, 1.807) is 0 Å². The summed E-state index contributed by atoms with van der Waals surface area (Å²) in [4.78, 5) is 14.3. The molecule has 0 bridgehead atoms. The Morgan fingerprint density at radius 3 is 2.70 bits per heavy atom. The van der Waals surface area contributed by atoms with Crippen LogP contribution < -0.4 is 10.6 Å². The zero-order valence-electron chi connectivity index (χ0n) is 12.2. The van der Waals surface area contributed by atoms with Gasteiger partial charge in [-0.2, -0.15) is 0 Å². The summed E-state index contributed by atoms with van der Waals surface area (Å²) in [6, 6.07) is 7.74. The number of nitrogens with zero attached hydrogens (tertiary/aromatic N) is 1. The second-order valence-corrected chi connectivity index (χ2v) is 5.00. The van der Waals surface area contributed by atoms with E-state index < -0.39 is 0 Å². The molecule has 0 fully saturated rings. The smallest absolute Gasteiger partial charge is 0.287 e. The van der Waals surface area contributed by atoms with E-state index in [4.69, 9.17) is 4.42 Å². The van der Waals surface area contributed by atoms with Crippen LogP contribution in [0.5, 0.6) is 0 Å². The summed E-state index contributed by atoms with van der Waals surface area (Å²) in [6.07, 6.45) is 0. The van der Waals surface area contributed by atoms with Crippen molar-refractivity contribution in [3.63, 3.8) is 0 Å². The van der Waals surface area contributed by atoms with Gasteiger partial charge in [0.15, 0.2) is 5.76 Å². The molecule has 0 saturated heterocycles. The second-order valence-electron chi connectivity index (χ2n) is 5.00. The highest BCUT2D eigenvalue weighted by atomic mass is 16.3. The number of carbonyl (C=O) groups is 1. The summed E-state index contributed by atoms with van der Waals surface area (Å²) in [6.45, 7) is 1.98. The molecule has 2 rings (SSSR count). The third kappa shape index (κ3) is 3.18. The number of fused-ring (bicyclic) bond motifs is 1. The number of nitrogens with one attached hydrogen (secondary N) is 2. The minimum atomic E-state index is -0.159. The highest BCUT2D eigenvalue weighted by molar-refractivity contribution is 5.99. The van der Waals surface area contributed by atoms with Gasteiger partial charge in [-0.15, -0.1) is 0 Å². The van der Waals surface area contributed by atoms with Crippen molar-refractivity contribution >= 4 is 16.9 Å². The van der Waals surface area contributed by atoms with Crippen molar-refractivity contribution in [1.82, 2.24) is 15.5 Å². The molecule has 5 nitrogen and oxygen atoms in total. The van der Waals surface area contributed by atoms with E-state index >= 15 is 0 Å². The van der Waals surface area contributed by atoms with Crippen molar-refractivity contribution in [2.24, 2.45) is 0 Å². The van der Waals surface area contributed by atoms with E-state index in [1.807, 2.05) is 50.3 Å². The Kier molecular flexibility index (Phi) is 4.76. The fraction of sp³-hybridized carbons (Fsp3) is 0.400. The van der Waals surface area contributed by atoms with Crippen molar-refractivity contribution in [3.8, 4) is 0 Å². The molecule has 2 N–H and O–H groups in total. The molecule has 0 aliphatic carbocycles. The Balaban J connectivity index is 2.33. The number of amides is 1. The van der Waals surface area contributed by atoms with Gasteiger partial charge in [0.1, 0.15) is 5.58 Å². The Hall–Kier alpha value is -1.85. The predicted molar refractivity (Wildman–Crippen MR) is 79.9 cm³/mol. The molecule has 0 atom stereocenters. The van der Waals surface area contributed by atoms with Crippen molar-refractivity contribution in [3.05, 3.63) is 35.6 Å². The first-order valence-electron chi connectivity index (χ1n) is 6.71. The maximum Gasteiger partial charge on any atom is 0.287 e. The molecule has 108 valence electrons. The van der Waals surface area contributed by atoms with Gasteiger partial charge >= 0.3 is 0 Å². The minimum absolute atomic E-state index is 0.159. The molecule has 1 aromatic carbocycles. The first kappa shape index (κ1) is 14.6. The highest BCUT2D eigenvalue weighted by Crippen LogP contribution is 2.26. The molecule has 0 aliphatic heterocycles. The van der Waals surface area contributed by atoms with Crippen LogP contribution in [-0.4, -0.2) is 45.0 Å². The van der Waals surface area contributed by atoms with E-state index in [0.29, 0.717) is 18.8 Å². The quantitative estimate of drug-likeness (QED) is 0.783. The summed E-state index contributed by atoms with van der Waals surface area (Å²) < 4.78 is 5.73. The van der Waals surface area contributed by atoms with Gasteiger partial charge in [-0.1, -0.05) is 18.2 Å². The molecule has 1 amide bonds. The van der Waals surface area contributed by atoms with Crippen LogP contribution in [0.25, 0.3) is 11.0 Å². The van der Waals surface area contributed by atoms with Crippen LogP contribution in [0.4, 0.5) is 0 Å². The number of hydrogen-bond acceptors (Lipinski definition) is 4. The first-order valence-corrected chi connectivity index (χ1v) is 6.71. The molecule has 0 saturated carbocycles. The molecule has 1 heterocycles. The summed E-state index contributed by atoms with van der Waals surface area (Å²) in [5.41, 5.74) is 1.69. The molecule has 0 unspecified atom stereocenters. The van der Waals surface area contributed by atoms with Crippen LogP contribution in [-0.2, 0) is 6.54 Å². The second kappa shape index (κ2) is 6.54. The van der Waals surface area contributed by atoms with Crippen molar-refractivity contribution in [2.45, 2.75) is 6.54 Å². The summed E-state index contributed by atoms with van der Waals surface area (Å²) >= 11 is 0. The number of hydrogen-bond donors (Lipinski definition) is 2. The molecular weight excluding hydrogens is 254 g/mol. The number of benzene rings is 1. The van der Waals surface area contributed by atoms with Crippen LogP contribution in [0, 0.1) is 0 Å². The van der Waals surface area contributed by atoms with Gasteiger partial charge in [-0.3, -0.25) is 4.79 Å². The molecule has 2 aromatic rings. The molecule has 0 radical (unpaired) electrons. The third-order valence-corrected chi connectivity index (χ3v) is 3.04. The number of likely N-dealkylation sites (N-methyl/N-ethyl adjacent to an activating group) is 1. The molecule has 0 aliphatic rings. The van der Waals surface area contributed by atoms with Crippen LogP contribution >= 0.6 is 0 Å². The van der Waals surface area contributed by atoms with Crippen molar-refractivity contribution in [1.29, 1.82) is 0 Å². The van der Waals surface area contributed by atoms with E-state index in [-0.39, 0.29) is 5.91 Å². The zero-order chi connectivity index (χ0) is 14.5. The minimum Gasteiger partial charge on any atom is -0.451 e. The van der Waals surface area contributed by atoms with E-state index in [2.05, 4.69) is 10.6 Å². The lowest BCUT2D eigenvalue weighted by molar-refractivity contribution is 0.0926. The largest absolute Gasteiger partial charge is 0.451 e. The topological polar surface area (TPSA) is 57.5 Å². The van der Waals surface area contributed by atoms with Gasteiger partial charge in [0, 0.05) is 30.6 Å². The Labute approximate surface area is 118 Å². The SMILES string of the molecule is CNCCNC(=O)c1oc2ccccc2c1CN(C)C. The number of rotatable bonds is 6. The maximum atomic E-state index is 12.2. The van der Waals surface area contributed by atoms with Crippen LogP contribution in [0.2, 0.25) is 0 Å². The predicted octanol–water partition coefficient (Wildman–Crippen LogP) is 1.44. The van der Waals surface area contributed by atoms with Gasteiger partial charge in [-0.05, 0) is 27.2 Å². The summed E-state index contributed by atoms with van der Waals surface area (Å²) in [5, 5.41) is 6.86. The summed E-state index contributed by atoms with van der Waals surface area (Å²) in [7, 11) is 5.81. The van der Waals surface area contributed by atoms with Gasteiger partial charge in [0.25, 0.3) is 5.91 Å². The Bertz CT molecular complexity index is 590. The van der Waals surface area contributed by atoms with Crippen LogP contribution in [0.1, 0.15) is 16.1 Å². The highest BCUT2D eigenvalue weighted by Gasteiger charge is 2.20. The molecule has 0 spiro atoms. The fourth-order valence-corrected chi connectivity index (χ4v) is 2.14. The Morgan fingerprint density at radius 1 is 1.25 bits per heavy atom. The third-order valence-electron chi connectivity index (χ3n) is 3.04. The lowest BCUT2D eigenvalue weighted by Crippen LogP contribution is -2.31. The van der Waals surface area contributed by atoms with Gasteiger partial charge in [-0.25, -0.2) is 0 Å². The monoisotopic (exact) mass is 275 g/mol. The number of furan rings is 1. The Morgan fingerprint density at radius 2 is 2.00 bits per heavy atom. The lowest BCUT2D eigenvalue weighted by Gasteiger charge is -2.10. The van der Waals surface area contributed by atoms with E-state index in [1.165, 1.54) is 0 Å². The van der Waals surface area contributed by atoms with Gasteiger partial charge in [0.2, 0.25) is 0 Å². The lowest BCUT2D eigenvalue weighted by atomic mass is 10.1.